The molecule has 2 rings (SSSR count). The third-order valence-corrected chi connectivity index (χ3v) is 3.05. The quantitative estimate of drug-likeness (QED) is 0.766. The SMILES string of the molecule is Brc1[nH]ncc1C1CCCC1. The van der Waals surface area contributed by atoms with Gasteiger partial charge in [-0.15, -0.1) is 0 Å². The minimum Gasteiger partial charge on any atom is -0.271 e. The monoisotopic (exact) mass is 214 g/mol. The Morgan fingerprint density at radius 3 is 2.73 bits per heavy atom. The Kier molecular flexibility index (Phi) is 1.98. The first kappa shape index (κ1) is 7.35. The second-order valence-electron chi connectivity index (χ2n) is 3.12. The molecule has 1 aliphatic rings. The molecule has 0 atom stereocenters. The molecule has 1 aromatic heterocycles. The highest BCUT2D eigenvalue weighted by atomic mass is 79.9. The summed E-state index contributed by atoms with van der Waals surface area (Å²) in [6.07, 6.45) is 7.36. The van der Waals surface area contributed by atoms with Gasteiger partial charge >= 0.3 is 0 Å². The first-order valence-corrected chi connectivity index (χ1v) is 4.86. The molecular weight excluding hydrogens is 204 g/mol. The number of aromatic amines is 1. The van der Waals surface area contributed by atoms with Crippen molar-refractivity contribution in [1.82, 2.24) is 10.2 Å². The first-order valence-electron chi connectivity index (χ1n) is 4.06. The van der Waals surface area contributed by atoms with Crippen LogP contribution in [0.1, 0.15) is 37.2 Å². The molecule has 0 saturated heterocycles. The van der Waals surface area contributed by atoms with E-state index in [9.17, 15) is 0 Å². The minimum absolute atomic E-state index is 0.753. The molecule has 1 saturated carbocycles. The maximum absolute atomic E-state index is 3.99. The highest BCUT2D eigenvalue weighted by Gasteiger charge is 2.19. The van der Waals surface area contributed by atoms with Crippen molar-refractivity contribution in [3.8, 4) is 0 Å². The normalized spacial score (nSPS) is 19.4. The highest BCUT2D eigenvalue weighted by Crippen LogP contribution is 2.36. The molecule has 1 N–H and O–H groups in total. The van der Waals surface area contributed by atoms with Crippen molar-refractivity contribution < 1.29 is 0 Å². The van der Waals surface area contributed by atoms with E-state index >= 15 is 0 Å². The van der Waals surface area contributed by atoms with Crippen LogP contribution in [0.4, 0.5) is 0 Å². The van der Waals surface area contributed by atoms with Gasteiger partial charge in [0.15, 0.2) is 0 Å². The maximum Gasteiger partial charge on any atom is 0.104 e. The molecule has 2 nitrogen and oxygen atoms in total. The van der Waals surface area contributed by atoms with E-state index in [1.807, 2.05) is 6.20 Å². The van der Waals surface area contributed by atoms with Gasteiger partial charge in [-0.1, -0.05) is 12.8 Å². The lowest BCUT2D eigenvalue weighted by molar-refractivity contribution is 0.720. The molecule has 0 unspecified atom stereocenters. The Morgan fingerprint density at radius 1 is 1.45 bits per heavy atom. The summed E-state index contributed by atoms with van der Waals surface area (Å²) in [5.74, 6) is 0.753. The van der Waals surface area contributed by atoms with Gasteiger partial charge in [-0.05, 0) is 34.7 Å². The number of hydrogen-bond donors (Lipinski definition) is 1. The zero-order chi connectivity index (χ0) is 7.68. The average Bonchev–Trinajstić information content (AvgIpc) is 2.55. The van der Waals surface area contributed by atoms with Crippen molar-refractivity contribution >= 4 is 15.9 Å². The molecule has 0 bridgehead atoms. The van der Waals surface area contributed by atoms with Crippen LogP contribution in [0.5, 0.6) is 0 Å². The number of nitrogens with zero attached hydrogens (tertiary/aromatic N) is 1. The van der Waals surface area contributed by atoms with Gasteiger partial charge in [0.1, 0.15) is 4.60 Å². The molecule has 3 heteroatoms. The summed E-state index contributed by atoms with van der Waals surface area (Å²) in [5, 5.41) is 6.91. The Bertz CT molecular complexity index is 238. The minimum atomic E-state index is 0.753. The summed E-state index contributed by atoms with van der Waals surface area (Å²) >= 11 is 3.46. The second-order valence-corrected chi connectivity index (χ2v) is 3.91. The predicted molar refractivity (Wildman–Crippen MR) is 47.5 cm³/mol. The van der Waals surface area contributed by atoms with Crippen molar-refractivity contribution in [1.29, 1.82) is 0 Å². The van der Waals surface area contributed by atoms with Crippen molar-refractivity contribution in [2.24, 2.45) is 0 Å². The van der Waals surface area contributed by atoms with Crippen LogP contribution in [0.2, 0.25) is 0 Å². The third-order valence-electron chi connectivity index (χ3n) is 2.41. The van der Waals surface area contributed by atoms with Crippen molar-refractivity contribution in [3.05, 3.63) is 16.4 Å². The summed E-state index contributed by atoms with van der Waals surface area (Å²) in [5.41, 5.74) is 1.36. The molecule has 1 aromatic rings. The van der Waals surface area contributed by atoms with Crippen molar-refractivity contribution in [2.75, 3.05) is 0 Å². The van der Waals surface area contributed by atoms with Crippen LogP contribution in [0, 0.1) is 0 Å². The van der Waals surface area contributed by atoms with Gasteiger partial charge < -0.3 is 0 Å². The lowest BCUT2D eigenvalue weighted by Crippen LogP contribution is -1.89. The van der Waals surface area contributed by atoms with E-state index in [1.165, 1.54) is 31.2 Å². The van der Waals surface area contributed by atoms with Crippen LogP contribution < -0.4 is 0 Å². The van der Waals surface area contributed by atoms with E-state index in [0.29, 0.717) is 0 Å². The predicted octanol–water partition coefficient (Wildman–Crippen LogP) is 2.83. The van der Waals surface area contributed by atoms with Gasteiger partial charge in [0.05, 0.1) is 6.20 Å². The maximum atomic E-state index is 3.99. The summed E-state index contributed by atoms with van der Waals surface area (Å²) in [6.45, 7) is 0. The smallest absolute Gasteiger partial charge is 0.104 e. The van der Waals surface area contributed by atoms with Gasteiger partial charge in [-0.3, -0.25) is 5.10 Å². The van der Waals surface area contributed by atoms with E-state index in [2.05, 4.69) is 26.1 Å². The molecule has 0 aliphatic heterocycles. The molecule has 60 valence electrons. The Hall–Kier alpha value is -0.310. The molecule has 1 fully saturated rings. The largest absolute Gasteiger partial charge is 0.271 e. The average molecular weight is 215 g/mol. The van der Waals surface area contributed by atoms with E-state index in [-0.39, 0.29) is 0 Å². The van der Waals surface area contributed by atoms with Gasteiger partial charge in [-0.25, -0.2) is 0 Å². The fraction of sp³-hybridized carbons (Fsp3) is 0.625. The Labute approximate surface area is 74.5 Å². The van der Waals surface area contributed by atoms with Crippen LogP contribution in [-0.4, -0.2) is 10.2 Å². The fourth-order valence-corrected chi connectivity index (χ4v) is 2.33. The summed E-state index contributed by atoms with van der Waals surface area (Å²) in [4.78, 5) is 0. The Morgan fingerprint density at radius 2 is 2.18 bits per heavy atom. The van der Waals surface area contributed by atoms with Gasteiger partial charge in [-0.2, -0.15) is 5.10 Å². The lowest BCUT2D eigenvalue weighted by Gasteiger charge is -2.04. The van der Waals surface area contributed by atoms with Gasteiger partial charge in [0.2, 0.25) is 0 Å². The molecule has 1 aliphatic carbocycles. The number of nitrogens with one attached hydrogen (secondary N) is 1. The zero-order valence-corrected chi connectivity index (χ0v) is 7.89. The summed E-state index contributed by atoms with van der Waals surface area (Å²) in [7, 11) is 0. The Balaban J connectivity index is 2.21. The molecule has 11 heavy (non-hydrogen) atoms. The molecule has 0 radical (unpaired) electrons. The van der Waals surface area contributed by atoms with E-state index in [4.69, 9.17) is 0 Å². The zero-order valence-electron chi connectivity index (χ0n) is 6.31. The summed E-state index contributed by atoms with van der Waals surface area (Å²) in [6, 6.07) is 0. The van der Waals surface area contributed by atoms with Crippen LogP contribution in [0.25, 0.3) is 0 Å². The topological polar surface area (TPSA) is 28.7 Å². The van der Waals surface area contributed by atoms with Gasteiger partial charge in [0, 0.05) is 5.56 Å². The van der Waals surface area contributed by atoms with Crippen LogP contribution in [0.15, 0.2) is 10.8 Å². The molecule has 0 aromatic carbocycles. The molecule has 0 amide bonds. The standard InChI is InChI=1S/C8H11BrN2/c9-8-7(5-10-11-8)6-3-1-2-4-6/h5-6H,1-4H2,(H,10,11). The molecule has 0 spiro atoms. The fourth-order valence-electron chi connectivity index (χ4n) is 1.80. The van der Waals surface area contributed by atoms with Crippen LogP contribution in [-0.2, 0) is 0 Å². The second kappa shape index (κ2) is 2.97. The van der Waals surface area contributed by atoms with Crippen molar-refractivity contribution in [2.45, 2.75) is 31.6 Å². The number of aromatic nitrogens is 2. The van der Waals surface area contributed by atoms with E-state index < -0.39 is 0 Å². The number of hydrogen-bond acceptors (Lipinski definition) is 1. The molecular formula is C8H11BrN2. The first-order chi connectivity index (χ1) is 5.38. The number of H-pyrrole nitrogens is 1. The third kappa shape index (κ3) is 1.34. The van der Waals surface area contributed by atoms with E-state index in [0.717, 1.165) is 10.5 Å². The lowest BCUT2D eigenvalue weighted by atomic mass is 10.0. The molecule has 1 heterocycles. The van der Waals surface area contributed by atoms with Crippen molar-refractivity contribution in [3.63, 3.8) is 0 Å². The number of rotatable bonds is 1. The van der Waals surface area contributed by atoms with Crippen LogP contribution >= 0.6 is 15.9 Å². The van der Waals surface area contributed by atoms with Crippen LogP contribution in [0.3, 0.4) is 0 Å². The number of halogens is 1. The highest BCUT2D eigenvalue weighted by molar-refractivity contribution is 9.10. The summed E-state index contributed by atoms with van der Waals surface area (Å²) < 4.78 is 1.07. The van der Waals surface area contributed by atoms with Gasteiger partial charge in [0.25, 0.3) is 0 Å². The van der Waals surface area contributed by atoms with E-state index in [1.54, 1.807) is 0 Å².